The van der Waals surface area contributed by atoms with Crippen molar-refractivity contribution in [2.24, 2.45) is 11.3 Å². The second-order valence-corrected chi connectivity index (χ2v) is 10.3. The van der Waals surface area contributed by atoms with E-state index in [1.807, 2.05) is 18.2 Å². The molecule has 0 amide bonds. The molecule has 0 spiro atoms. The number of thiocarbonyl (C=S) groups is 1. The minimum atomic E-state index is -0.412. The van der Waals surface area contributed by atoms with E-state index >= 15 is 0 Å². The van der Waals surface area contributed by atoms with Crippen LogP contribution in [0, 0.1) is 11.3 Å². The average Bonchev–Trinajstić information content (AvgIpc) is 3.03. The number of anilines is 1. The van der Waals surface area contributed by atoms with Crippen molar-refractivity contribution in [3.63, 3.8) is 0 Å². The van der Waals surface area contributed by atoms with E-state index in [1.54, 1.807) is 0 Å². The van der Waals surface area contributed by atoms with Crippen LogP contribution in [0.5, 0.6) is 0 Å². The van der Waals surface area contributed by atoms with Crippen molar-refractivity contribution >= 4 is 62.0 Å². The molecular weight excluding hydrogens is 424 g/mol. The van der Waals surface area contributed by atoms with Crippen molar-refractivity contribution in [1.29, 1.82) is 0 Å². The topological polar surface area (TPSA) is 50.4 Å². The fourth-order valence-electron chi connectivity index (χ4n) is 4.03. The summed E-state index contributed by atoms with van der Waals surface area (Å²) in [6, 6.07) is 6.22. The number of esters is 1. The Morgan fingerprint density at radius 1 is 1.31 bits per heavy atom. The summed E-state index contributed by atoms with van der Waals surface area (Å²) in [4.78, 5) is 12.3. The Labute approximate surface area is 187 Å². The third kappa shape index (κ3) is 5.04. The van der Waals surface area contributed by atoms with Crippen molar-refractivity contribution in [3.8, 4) is 0 Å². The van der Waals surface area contributed by atoms with Crippen LogP contribution >= 0.6 is 35.2 Å². The van der Waals surface area contributed by atoms with Gasteiger partial charge in [-0.3, -0.25) is 0 Å². The van der Waals surface area contributed by atoms with Gasteiger partial charge < -0.3 is 15.4 Å². The Morgan fingerprint density at radius 2 is 2.00 bits per heavy atom. The van der Waals surface area contributed by atoms with Crippen molar-refractivity contribution in [2.75, 3.05) is 12.4 Å². The lowest BCUT2D eigenvalue weighted by atomic mass is 9.69. The molecule has 0 radical (unpaired) electrons. The normalized spacial score (nSPS) is 19.8. The Morgan fingerprint density at radius 3 is 2.62 bits per heavy atom. The minimum Gasteiger partial charge on any atom is -0.465 e. The monoisotopic (exact) mass is 452 g/mol. The second-order valence-electron chi connectivity index (χ2n) is 8.44. The molecule has 1 fully saturated rings. The van der Waals surface area contributed by atoms with Crippen LogP contribution in [-0.4, -0.2) is 24.2 Å². The van der Waals surface area contributed by atoms with E-state index in [2.05, 4.69) is 31.4 Å². The van der Waals surface area contributed by atoms with Crippen LogP contribution in [0.1, 0.15) is 62.5 Å². The molecule has 0 unspecified atom stereocenters. The predicted molar refractivity (Wildman–Crippen MR) is 127 cm³/mol. The molecule has 1 aliphatic carbocycles. The minimum absolute atomic E-state index is 0.412. The van der Waals surface area contributed by atoms with Gasteiger partial charge in [0.2, 0.25) is 0 Å². The number of benzene rings is 1. The average molecular weight is 453 g/mol. The van der Waals surface area contributed by atoms with E-state index < -0.39 is 5.97 Å². The van der Waals surface area contributed by atoms with Gasteiger partial charge in [-0.1, -0.05) is 38.8 Å². The first-order valence-electron chi connectivity index (χ1n) is 10.1. The van der Waals surface area contributed by atoms with Gasteiger partial charge in [0.1, 0.15) is 4.88 Å². The predicted octanol–water partition coefficient (Wildman–Crippen LogP) is 6.62. The summed E-state index contributed by atoms with van der Waals surface area (Å²) in [6.45, 7) is 7.06. The molecule has 3 rings (SSSR count). The lowest BCUT2D eigenvalue weighted by Gasteiger charge is -2.39. The zero-order valence-electron chi connectivity index (χ0n) is 17.4. The largest absolute Gasteiger partial charge is 0.465 e. The standard InChI is InChI=1S/C22H29ClN2O2S2/c1-5-22(2,3)13-6-8-14(9-7-13)24-21(28)25-15-10-11-16-17(12-15)29-19(18(16)23)20(26)27-4/h10-14H,5-9H2,1-4H3,(H2,24,25,28). The summed E-state index contributed by atoms with van der Waals surface area (Å²) in [6.07, 6.45) is 6.02. The lowest BCUT2D eigenvalue weighted by Crippen LogP contribution is -2.41. The molecule has 7 heteroatoms. The van der Waals surface area contributed by atoms with Gasteiger partial charge in [-0.25, -0.2) is 4.79 Å². The van der Waals surface area contributed by atoms with Crippen LogP contribution in [0.25, 0.3) is 10.1 Å². The molecule has 0 atom stereocenters. The highest BCUT2D eigenvalue weighted by Gasteiger charge is 2.31. The van der Waals surface area contributed by atoms with E-state index in [-0.39, 0.29) is 0 Å². The first kappa shape index (κ1) is 22.3. The molecule has 0 aliphatic heterocycles. The van der Waals surface area contributed by atoms with Gasteiger partial charge in [-0.15, -0.1) is 11.3 Å². The molecule has 1 saturated carbocycles. The number of rotatable bonds is 5. The van der Waals surface area contributed by atoms with Gasteiger partial charge in [-0.05, 0) is 67.4 Å². The second kappa shape index (κ2) is 9.19. The van der Waals surface area contributed by atoms with Crippen LogP contribution in [0.3, 0.4) is 0 Å². The lowest BCUT2D eigenvalue weighted by molar-refractivity contribution is 0.0606. The fourth-order valence-corrected chi connectivity index (χ4v) is 5.78. The molecule has 0 saturated heterocycles. The Balaban J connectivity index is 1.60. The maximum atomic E-state index is 11.8. The first-order valence-corrected chi connectivity index (χ1v) is 11.7. The smallest absolute Gasteiger partial charge is 0.349 e. The van der Waals surface area contributed by atoms with Crippen LogP contribution in [0.4, 0.5) is 5.69 Å². The maximum absolute atomic E-state index is 11.8. The summed E-state index contributed by atoms with van der Waals surface area (Å²) in [5.41, 5.74) is 1.30. The fraction of sp³-hybridized carbons (Fsp3) is 0.545. The highest BCUT2D eigenvalue weighted by atomic mass is 35.5. The summed E-state index contributed by atoms with van der Waals surface area (Å²) in [5.74, 6) is 0.381. The molecule has 1 aromatic carbocycles. The first-order chi connectivity index (χ1) is 13.7. The SMILES string of the molecule is CCC(C)(C)C1CCC(NC(=S)Nc2ccc3c(Cl)c(C(=O)OC)sc3c2)CC1. The van der Waals surface area contributed by atoms with Crippen LogP contribution in [0.2, 0.25) is 5.02 Å². The number of hydrogen-bond donors (Lipinski definition) is 2. The summed E-state index contributed by atoms with van der Waals surface area (Å²) in [5, 5.41) is 8.67. The zero-order valence-corrected chi connectivity index (χ0v) is 19.8. The Bertz CT molecular complexity index is 902. The van der Waals surface area contributed by atoms with Gasteiger partial charge in [-0.2, -0.15) is 0 Å². The highest BCUT2D eigenvalue weighted by Crippen LogP contribution is 2.40. The van der Waals surface area contributed by atoms with Crippen molar-refractivity contribution in [3.05, 3.63) is 28.1 Å². The number of carbonyl (C=O) groups excluding carboxylic acids is 1. The molecule has 2 N–H and O–H groups in total. The molecule has 1 heterocycles. The molecular formula is C22H29ClN2O2S2. The molecule has 0 bridgehead atoms. The van der Waals surface area contributed by atoms with Gasteiger partial charge in [0.25, 0.3) is 0 Å². The number of thiophene rings is 1. The van der Waals surface area contributed by atoms with E-state index in [9.17, 15) is 4.79 Å². The molecule has 4 nitrogen and oxygen atoms in total. The van der Waals surface area contributed by atoms with E-state index in [0.29, 0.717) is 26.5 Å². The molecule has 2 aromatic rings. The highest BCUT2D eigenvalue weighted by molar-refractivity contribution is 7.80. The molecule has 1 aliphatic rings. The van der Waals surface area contributed by atoms with Crippen LogP contribution in [-0.2, 0) is 4.74 Å². The third-order valence-electron chi connectivity index (χ3n) is 6.34. The number of halogens is 1. The number of hydrogen-bond acceptors (Lipinski definition) is 4. The van der Waals surface area contributed by atoms with Crippen molar-refractivity contribution in [2.45, 2.75) is 58.9 Å². The Kier molecular flexibility index (Phi) is 7.07. The zero-order chi connectivity index (χ0) is 21.2. The maximum Gasteiger partial charge on any atom is 0.349 e. The molecule has 158 valence electrons. The van der Waals surface area contributed by atoms with E-state index in [4.69, 9.17) is 28.6 Å². The third-order valence-corrected chi connectivity index (χ3v) is 8.19. The number of nitrogens with one attached hydrogen (secondary N) is 2. The number of ether oxygens (including phenoxy) is 1. The van der Waals surface area contributed by atoms with Gasteiger partial charge in [0, 0.05) is 21.8 Å². The van der Waals surface area contributed by atoms with Gasteiger partial charge >= 0.3 is 5.97 Å². The van der Waals surface area contributed by atoms with Crippen LogP contribution < -0.4 is 10.6 Å². The van der Waals surface area contributed by atoms with Crippen LogP contribution in [0.15, 0.2) is 18.2 Å². The molecule has 29 heavy (non-hydrogen) atoms. The summed E-state index contributed by atoms with van der Waals surface area (Å²) in [7, 11) is 1.36. The van der Waals surface area contributed by atoms with Gasteiger partial charge in [0.05, 0.1) is 12.1 Å². The van der Waals surface area contributed by atoms with E-state index in [1.165, 1.54) is 37.7 Å². The molecule has 1 aromatic heterocycles. The van der Waals surface area contributed by atoms with Gasteiger partial charge in [0.15, 0.2) is 5.11 Å². The number of carbonyl (C=O) groups is 1. The Hall–Kier alpha value is -1.37. The summed E-state index contributed by atoms with van der Waals surface area (Å²) >= 11 is 13.2. The van der Waals surface area contributed by atoms with Crippen molar-refractivity contribution < 1.29 is 9.53 Å². The van der Waals surface area contributed by atoms with E-state index in [0.717, 1.165) is 34.5 Å². The van der Waals surface area contributed by atoms with Crippen molar-refractivity contribution in [1.82, 2.24) is 5.32 Å². The number of methoxy groups -OCH3 is 1. The summed E-state index contributed by atoms with van der Waals surface area (Å²) < 4.78 is 5.72. The number of fused-ring (bicyclic) bond motifs is 1. The quantitative estimate of drug-likeness (QED) is 0.394.